The maximum Gasteiger partial charge on any atom is 0.0587 e. The summed E-state index contributed by atoms with van der Waals surface area (Å²) in [7, 11) is 3.68. The van der Waals surface area contributed by atoms with Crippen LogP contribution in [0.15, 0.2) is 42.7 Å². The topological polar surface area (TPSA) is 39.1 Å². The predicted molar refractivity (Wildman–Crippen MR) is 80.8 cm³/mol. The molecule has 0 aliphatic heterocycles. The molecule has 0 amide bonds. The van der Waals surface area contributed by atoms with E-state index in [0.717, 1.165) is 26.1 Å². The van der Waals surface area contributed by atoms with E-state index in [1.165, 1.54) is 11.1 Å². The monoisotopic (exact) mass is 273 g/mol. The van der Waals surface area contributed by atoms with E-state index in [1.807, 2.05) is 17.9 Å². The zero-order valence-corrected chi connectivity index (χ0v) is 12.2. The van der Waals surface area contributed by atoms with Crippen LogP contribution in [-0.4, -0.2) is 36.6 Å². The van der Waals surface area contributed by atoms with Crippen molar-refractivity contribution in [1.82, 2.24) is 15.1 Å². The highest BCUT2D eigenvalue weighted by Crippen LogP contribution is 2.19. The Bertz CT molecular complexity index is 495. The minimum absolute atomic E-state index is 0.456. The lowest BCUT2D eigenvalue weighted by Gasteiger charge is -2.17. The molecule has 2 rings (SSSR count). The lowest BCUT2D eigenvalue weighted by molar-refractivity contribution is 0.199. The summed E-state index contributed by atoms with van der Waals surface area (Å²) in [6.45, 7) is 2.57. The molecule has 1 N–H and O–H groups in total. The molecule has 1 aromatic heterocycles. The summed E-state index contributed by atoms with van der Waals surface area (Å²) >= 11 is 0. The fourth-order valence-corrected chi connectivity index (χ4v) is 2.35. The first-order valence-corrected chi connectivity index (χ1v) is 7.01. The maximum absolute atomic E-state index is 5.08. The molecule has 1 heterocycles. The number of nitrogens with one attached hydrogen (secondary N) is 1. The van der Waals surface area contributed by atoms with Crippen molar-refractivity contribution in [3.63, 3.8) is 0 Å². The van der Waals surface area contributed by atoms with Gasteiger partial charge in [0.15, 0.2) is 0 Å². The Morgan fingerprint density at radius 3 is 2.75 bits per heavy atom. The molecule has 0 radical (unpaired) electrons. The second-order valence-corrected chi connectivity index (χ2v) is 5.03. The highest BCUT2D eigenvalue weighted by Gasteiger charge is 2.12. The Morgan fingerprint density at radius 1 is 1.30 bits per heavy atom. The van der Waals surface area contributed by atoms with Gasteiger partial charge in [-0.25, -0.2) is 0 Å². The molecular formula is C16H23N3O. The number of hydrogen-bond donors (Lipinski definition) is 1. The van der Waals surface area contributed by atoms with Gasteiger partial charge in [0.2, 0.25) is 0 Å². The van der Waals surface area contributed by atoms with Crippen molar-refractivity contribution in [3.8, 4) is 0 Å². The molecule has 1 aromatic carbocycles. The standard InChI is InChI=1S/C16H23N3O/c1-19-13-14(11-18-19)10-16(12-17-8-9-20-2)15-6-4-3-5-7-15/h3-7,11,13,16-17H,8-10,12H2,1-2H3. The van der Waals surface area contributed by atoms with Gasteiger partial charge >= 0.3 is 0 Å². The quantitative estimate of drug-likeness (QED) is 0.748. The highest BCUT2D eigenvalue weighted by atomic mass is 16.5. The van der Waals surface area contributed by atoms with Crippen molar-refractivity contribution in [2.45, 2.75) is 12.3 Å². The zero-order valence-electron chi connectivity index (χ0n) is 12.2. The molecular weight excluding hydrogens is 250 g/mol. The third-order valence-corrected chi connectivity index (χ3v) is 3.39. The van der Waals surface area contributed by atoms with Gasteiger partial charge in [-0.15, -0.1) is 0 Å². The summed E-state index contributed by atoms with van der Waals surface area (Å²) < 4.78 is 6.93. The Balaban J connectivity index is 2.00. The lowest BCUT2D eigenvalue weighted by Crippen LogP contribution is -2.26. The molecule has 0 bridgehead atoms. The molecule has 20 heavy (non-hydrogen) atoms. The van der Waals surface area contributed by atoms with E-state index in [1.54, 1.807) is 7.11 Å². The van der Waals surface area contributed by atoms with Crippen LogP contribution >= 0.6 is 0 Å². The molecule has 4 heteroatoms. The first kappa shape index (κ1) is 14.8. The van der Waals surface area contributed by atoms with Gasteiger partial charge in [-0.05, 0) is 17.5 Å². The van der Waals surface area contributed by atoms with Crippen LogP contribution in [0.3, 0.4) is 0 Å². The first-order valence-electron chi connectivity index (χ1n) is 7.01. The molecule has 0 spiro atoms. The van der Waals surface area contributed by atoms with Gasteiger partial charge in [0, 0.05) is 39.4 Å². The fraction of sp³-hybridized carbons (Fsp3) is 0.438. The first-order chi connectivity index (χ1) is 9.79. The van der Waals surface area contributed by atoms with Gasteiger partial charge in [-0.3, -0.25) is 4.68 Å². The summed E-state index contributed by atoms with van der Waals surface area (Å²) in [6, 6.07) is 10.6. The Hall–Kier alpha value is -1.65. The van der Waals surface area contributed by atoms with E-state index in [-0.39, 0.29) is 0 Å². The molecule has 0 saturated carbocycles. The van der Waals surface area contributed by atoms with Gasteiger partial charge in [0.25, 0.3) is 0 Å². The van der Waals surface area contributed by atoms with Crippen LogP contribution in [0.5, 0.6) is 0 Å². The Morgan fingerprint density at radius 2 is 2.10 bits per heavy atom. The molecule has 1 atom stereocenters. The normalized spacial score (nSPS) is 12.5. The van der Waals surface area contributed by atoms with Crippen LogP contribution < -0.4 is 5.32 Å². The number of ether oxygens (including phenoxy) is 1. The highest BCUT2D eigenvalue weighted by molar-refractivity contribution is 5.22. The van der Waals surface area contributed by atoms with Crippen molar-refractivity contribution in [1.29, 1.82) is 0 Å². The van der Waals surface area contributed by atoms with Gasteiger partial charge in [0.1, 0.15) is 0 Å². The number of methoxy groups -OCH3 is 1. The summed E-state index contributed by atoms with van der Waals surface area (Å²) in [6.07, 6.45) is 5.04. The van der Waals surface area contributed by atoms with Crippen LogP contribution in [0.4, 0.5) is 0 Å². The summed E-state index contributed by atoms with van der Waals surface area (Å²) in [5.41, 5.74) is 2.64. The van der Waals surface area contributed by atoms with Gasteiger partial charge in [-0.1, -0.05) is 30.3 Å². The predicted octanol–water partition coefficient (Wildman–Crippen LogP) is 1.98. The number of hydrogen-bond acceptors (Lipinski definition) is 3. The molecule has 108 valence electrons. The van der Waals surface area contributed by atoms with Crippen LogP contribution in [0.25, 0.3) is 0 Å². The number of rotatable bonds is 8. The maximum atomic E-state index is 5.08. The van der Waals surface area contributed by atoms with Gasteiger partial charge < -0.3 is 10.1 Å². The van der Waals surface area contributed by atoms with Crippen LogP contribution in [0.1, 0.15) is 17.0 Å². The molecule has 1 unspecified atom stereocenters. The average Bonchev–Trinajstić information content (AvgIpc) is 2.88. The number of aromatic nitrogens is 2. The van der Waals surface area contributed by atoms with E-state index >= 15 is 0 Å². The number of benzene rings is 1. The van der Waals surface area contributed by atoms with Crippen molar-refractivity contribution < 1.29 is 4.74 Å². The lowest BCUT2D eigenvalue weighted by atomic mass is 9.93. The van der Waals surface area contributed by atoms with E-state index in [2.05, 4.69) is 46.9 Å². The summed E-state index contributed by atoms with van der Waals surface area (Å²) in [5, 5.41) is 7.71. The Labute approximate surface area is 120 Å². The van der Waals surface area contributed by atoms with Crippen LogP contribution in [-0.2, 0) is 18.2 Å². The third kappa shape index (κ3) is 4.47. The molecule has 2 aromatic rings. The zero-order chi connectivity index (χ0) is 14.2. The summed E-state index contributed by atoms with van der Waals surface area (Å²) in [4.78, 5) is 0. The number of nitrogens with zero attached hydrogens (tertiary/aromatic N) is 2. The van der Waals surface area contributed by atoms with E-state index in [0.29, 0.717) is 5.92 Å². The number of aryl methyl sites for hydroxylation is 1. The SMILES string of the molecule is COCCNCC(Cc1cnn(C)c1)c1ccccc1. The van der Waals surface area contributed by atoms with Crippen LogP contribution in [0, 0.1) is 0 Å². The molecule has 0 aliphatic rings. The minimum atomic E-state index is 0.456. The van der Waals surface area contributed by atoms with Gasteiger partial charge in [0.05, 0.1) is 12.8 Å². The largest absolute Gasteiger partial charge is 0.383 e. The molecule has 0 aliphatic carbocycles. The second-order valence-electron chi connectivity index (χ2n) is 5.03. The van der Waals surface area contributed by atoms with E-state index < -0.39 is 0 Å². The van der Waals surface area contributed by atoms with Crippen molar-refractivity contribution in [2.24, 2.45) is 7.05 Å². The van der Waals surface area contributed by atoms with Crippen molar-refractivity contribution in [3.05, 3.63) is 53.9 Å². The molecule has 0 saturated heterocycles. The van der Waals surface area contributed by atoms with E-state index in [4.69, 9.17) is 4.74 Å². The molecule has 4 nitrogen and oxygen atoms in total. The minimum Gasteiger partial charge on any atom is -0.383 e. The van der Waals surface area contributed by atoms with Crippen molar-refractivity contribution >= 4 is 0 Å². The average molecular weight is 273 g/mol. The van der Waals surface area contributed by atoms with Crippen molar-refractivity contribution in [2.75, 3.05) is 26.8 Å². The Kier molecular flexibility index (Phi) is 5.77. The smallest absolute Gasteiger partial charge is 0.0587 e. The van der Waals surface area contributed by atoms with Crippen LogP contribution in [0.2, 0.25) is 0 Å². The van der Waals surface area contributed by atoms with Gasteiger partial charge in [-0.2, -0.15) is 5.10 Å². The third-order valence-electron chi connectivity index (χ3n) is 3.39. The summed E-state index contributed by atoms with van der Waals surface area (Å²) in [5.74, 6) is 0.456. The van der Waals surface area contributed by atoms with E-state index in [9.17, 15) is 0 Å². The second kappa shape index (κ2) is 7.82. The molecule has 0 fully saturated rings. The fourth-order valence-electron chi connectivity index (χ4n) is 2.35.